The van der Waals surface area contributed by atoms with Crippen molar-refractivity contribution in [1.29, 1.82) is 0 Å². The fourth-order valence-corrected chi connectivity index (χ4v) is 2.15. The van der Waals surface area contributed by atoms with Crippen LogP contribution in [0.1, 0.15) is 18.5 Å². The second-order valence-electron chi connectivity index (χ2n) is 3.97. The molecule has 0 bridgehead atoms. The van der Waals surface area contributed by atoms with E-state index in [0.29, 0.717) is 12.5 Å². The Hall–Kier alpha value is -1.20. The SMILES string of the molecule is CCN1CCOCC1c1cc(F)cnc1OC. The third-order valence-corrected chi connectivity index (χ3v) is 3.04. The Bertz CT molecular complexity index is 387. The highest BCUT2D eigenvalue weighted by atomic mass is 19.1. The topological polar surface area (TPSA) is 34.6 Å². The van der Waals surface area contributed by atoms with Crippen LogP contribution in [0.2, 0.25) is 0 Å². The van der Waals surface area contributed by atoms with Crippen LogP contribution >= 0.6 is 0 Å². The first-order valence-corrected chi connectivity index (χ1v) is 5.77. The molecule has 0 saturated carbocycles. The van der Waals surface area contributed by atoms with E-state index >= 15 is 0 Å². The third-order valence-electron chi connectivity index (χ3n) is 3.04. The van der Waals surface area contributed by atoms with Gasteiger partial charge in [0, 0.05) is 12.1 Å². The number of likely N-dealkylation sites (N-methyl/N-ethyl adjacent to an activating group) is 1. The lowest BCUT2D eigenvalue weighted by molar-refractivity contribution is -0.00682. The van der Waals surface area contributed by atoms with Gasteiger partial charge in [0.05, 0.1) is 32.6 Å². The van der Waals surface area contributed by atoms with Gasteiger partial charge in [-0.3, -0.25) is 4.90 Å². The molecule has 17 heavy (non-hydrogen) atoms. The van der Waals surface area contributed by atoms with Gasteiger partial charge >= 0.3 is 0 Å². The highest BCUT2D eigenvalue weighted by Gasteiger charge is 2.26. The van der Waals surface area contributed by atoms with Crippen molar-refractivity contribution in [3.8, 4) is 5.88 Å². The predicted octanol–water partition coefficient (Wildman–Crippen LogP) is 1.62. The Kier molecular flexibility index (Phi) is 3.91. The molecule has 1 aromatic heterocycles. The van der Waals surface area contributed by atoms with Crippen LogP contribution in [0.3, 0.4) is 0 Å². The standard InChI is InChI=1S/C12H17FN2O2/c1-3-15-4-5-17-8-11(15)10-6-9(13)7-14-12(10)16-2/h6-7,11H,3-5,8H2,1-2H3. The molecule has 0 amide bonds. The molecular formula is C12H17FN2O2. The minimum Gasteiger partial charge on any atom is -0.481 e. The van der Waals surface area contributed by atoms with Crippen molar-refractivity contribution in [1.82, 2.24) is 9.88 Å². The molecule has 0 spiro atoms. The van der Waals surface area contributed by atoms with E-state index in [1.165, 1.54) is 12.3 Å². The smallest absolute Gasteiger partial charge is 0.218 e. The van der Waals surface area contributed by atoms with Crippen LogP contribution in [0, 0.1) is 5.82 Å². The maximum absolute atomic E-state index is 13.3. The van der Waals surface area contributed by atoms with E-state index < -0.39 is 0 Å². The molecule has 1 fully saturated rings. The summed E-state index contributed by atoms with van der Waals surface area (Å²) in [6.07, 6.45) is 1.17. The van der Waals surface area contributed by atoms with E-state index in [1.807, 2.05) is 0 Å². The van der Waals surface area contributed by atoms with Crippen molar-refractivity contribution in [3.05, 3.63) is 23.6 Å². The van der Waals surface area contributed by atoms with Crippen LogP contribution in [-0.4, -0.2) is 43.3 Å². The fourth-order valence-electron chi connectivity index (χ4n) is 2.15. The summed E-state index contributed by atoms with van der Waals surface area (Å²) in [5, 5.41) is 0. The molecule has 0 aliphatic carbocycles. The van der Waals surface area contributed by atoms with Crippen LogP contribution in [0.15, 0.2) is 12.3 Å². The summed E-state index contributed by atoms with van der Waals surface area (Å²) < 4.78 is 23.9. The Morgan fingerprint density at radius 2 is 2.47 bits per heavy atom. The Balaban J connectivity index is 2.33. The molecule has 0 radical (unpaired) electrons. The van der Waals surface area contributed by atoms with Crippen molar-refractivity contribution in [2.45, 2.75) is 13.0 Å². The molecule has 1 aromatic rings. The van der Waals surface area contributed by atoms with E-state index in [1.54, 1.807) is 7.11 Å². The minimum atomic E-state index is -0.345. The van der Waals surface area contributed by atoms with E-state index in [-0.39, 0.29) is 11.9 Å². The lowest BCUT2D eigenvalue weighted by atomic mass is 10.1. The summed E-state index contributed by atoms with van der Waals surface area (Å²) in [6, 6.07) is 1.50. The van der Waals surface area contributed by atoms with Gasteiger partial charge in [0.1, 0.15) is 5.82 Å². The maximum atomic E-state index is 13.3. The molecule has 1 atom stereocenters. The van der Waals surface area contributed by atoms with Crippen molar-refractivity contribution >= 4 is 0 Å². The maximum Gasteiger partial charge on any atom is 0.218 e. The number of nitrogens with zero attached hydrogens (tertiary/aromatic N) is 2. The number of morpholine rings is 1. The number of methoxy groups -OCH3 is 1. The van der Waals surface area contributed by atoms with Crippen molar-refractivity contribution in [2.75, 3.05) is 33.4 Å². The number of halogens is 1. The van der Waals surface area contributed by atoms with Gasteiger partial charge in [-0.25, -0.2) is 9.37 Å². The molecule has 5 heteroatoms. The highest BCUT2D eigenvalue weighted by Crippen LogP contribution is 2.30. The van der Waals surface area contributed by atoms with E-state index in [9.17, 15) is 4.39 Å². The summed E-state index contributed by atoms with van der Waals surface area (Å²) in [6.45, 7) is 5.09. The quantitative estimate of drug-likeness (QED) is 0.804. The van der Waals surface area contributed by atoms with Gasteiger partial charge in [-0.05, 0) is 12.6 Å². The molecule has 4 nitrogen and oxygen atoms in total. The van der Waals surface area contributed by atoms with Gasteiger partial charge < -0.3 is 9.47 Å². The molecular weight excluding hydrogens is 223 g/mol. The zero-order valence-electron chi connectivity index (χ0n) is 10.1. The van der Waals surface area contributed by atoms with Crippen LogP contribution in [0.25, 0.3) is 0 Å². The number of ether oxygens (including phenoxy) is 2. The fraction of sp³-hybridized carbons (Fsp3) is 0.583. The molecule has 1 aliphatic rings. The average molecular weight is 240 g/mol. The first kappa shape index (κ1) is 12.3. The van der Waals surface area contributed by atoms with Crippen molar-refractivity contribution < 1.29 is 13.9 Å². The normalized spacial score (nSPS) is 21.5. The van der Waals surface area contributed by atoms with Gasteiger partial charge in [0.2, 0.25) is 5.88 Å². The number of aromatic nitrogens is 1. The summed E-state index contributed by atoms with van der Waals surface area (Å²) in [5.74, 6) is 0.128. The van der Waals surface area contributed by atoms with Crippen molar-refractivity contribution in [3.63, 3.8) is 0 Å². The Labute approximate surface area is 100 Å². The molecule has 1 aliphatic heterocycles. The second kappa shape index (κ2) is 5.42. The minimum absolute atomic E-state index is 0.0203. The predicted molar refractivity (Wildman–Crippen MR) is 61.6 cm³/mol. The van der Waals surface area contributed by atoms with Gasteiger partial charge in [0.15, 0.2) is 0 Å². The first-order valence-electron chi connectivity index (χ1n) is 5.77. The van der Waals surface area contributed by atoms with Crippen LogP contribution in [0.4, 0.5) is 4.39 Å². The third kappa shape index (κ3) is 2.56. The largest absolute Gasteiger partial charge is 0.481 e. The van der Waals surface area contributed by atoms with Gasteiger partial charge in [-0.15, -0.1) is 0 Å². The molecule has 1 saturated heterocycles. The lowest BCUT2D eigenvalue weighted by Crippen LogP contribution is -2.39. The van der Waals surface area contributed by atoms with E-state index in [4.69, 9.17) is 9.47 Å². The number of hydrogen-bond donors (Lipinski definition) is 0. The van der Waals surface area contributed by atoms with Gasteiger partial charge in [-0.1, -0.05) is 6.92 Å². The molecule has 1 unspecified atom stereocenters. The van der Waals surface area contributed by atoms with Crippen molar-refractivity contribution in [2.24, 2.45) is 0 Å². The van der Waals surface area contributed by atoms with E-state index in [2.05, 4.69) is 16.8 Å². The highest BCUT2D eigenvalue weighted by molar-refractivity contribution is 5.30. The Morgan fingerprint density at radius 1 is 1.65 bits per heavy atom. The zero-order chi connectivity index (χ0) is 12.3. The van der Waals surface area contributed by atoms with Gasteiger partial charge in [0.25, 0.3) is 0 Å². The van der Waals surface area contributed by atoms with Crippen LogP contribution < -0.4 is 4.74 Å². The van der Waals surface area contributed by atoms with Crippen LogP contribution in [-0.2, 0) is 4.74 Å². The molecule has 0 N–H and O–H groups in total. The van der Waals surface area contributed by atoms with Crippen LogP contribution in [0.5, 0.6) is 5.88 Å². The van der Waals surface area contributed by atoms with E-state index in [0.717, 1.165) is 25.3 Å². The average Bonchev–Trinajstić information content (AvgIpc) is 2.38. The second-order valence-corrected chi connectivity index (χ2v) is 3.97. The lowest BCUT2D eigenvalue weighted by Gasteiger charge is -2.35. The summed E-state index contributed by atoms with van der Waals surface area (Å²) >= 11 is 0. The molecule has 0 aromatic carbocycles. The molecule has 2 heterocycles. The summed E-state index contributed by atoms with van der Waals surface area (Å²) in [5.41, 5.74) is 0.758. The summed E-state index contributed by atoms with van der Waals surface area (Å²) in [7, 11) is 1.55. The first-order chi connectivity index (χ1) is 8.26. The monoisotopic (exact) mass is 240 g/mol. The Morgan fingerprint density at radius 3 is 3.18 bits per heavy atom. The van der Waals surface area contributed by atoms with Gasteiger partial charge in [-0.2, -0.15) is 0 Å². The number of hydrogen-bond acceptors (Lipinski definition) is 4. The molecule has 2 rings (SSSR count). The molecule has 94 valence electrons. The number of rotatable bonds is 3. The number of pyridine rings is 1. The summed E-state index contributed by atoms with van der Waals surface area (Å²) in [4.78, 5) is 6.20. The zero-order valence-corrected chi connectivity index (χ0v) is 10.1.